The van der Waals surface area contributed by atoms with Crippen molar-refractivity contribution >= 4 is 17.4 Å². The summed E-state index contributed by atoms with van der Waals surface area (Å²) in [5.41, 5.74) is 7.80. The van der Waals surface area contributed by atoms with Gasteiger partial charge in [0.15, 0.2) is 6.61 Å². The van der Waals surface area contributed by atoms with E-state index in [0.29, 0.717) is 16.9 Å². The van der Waals surface area contributed by atoms with Crippen LogP contribution in [-0.2, 0) is 9.59 Å². The molecule has 0 fully saturated rings. The summed E-state index contributed by atoms with van der Waals surface area (Å²) in [6, 6.07) is 22.9. The first-order valence-corrected chi connectivity index (χ1v) is 9.33. The van der Waals surface area contributed by atoms with Crippen LogP contribution < -0.4 is 15.6 Å². The molecule has 6 heteroatoms. The fourth-order valence-corrected chi connectivity index (χ4v) is 2.79. The molecule has 5 nitrogen and oxygen atoms in total. The highest BCUT2D eigenvalue weighted by molar-refractivity contribution is 5.95. The van der Waals surface area contributed by atoms with Gasteiger partial charge in [-0.05, 0) is 41.8 Å². The maximum Gasteiger partial charge on any atom is 0.276 e. The van der Waals surface area contributed by atoms with Gasteiger partial charge in [0.1, 0.15) is 11.6 Å². The molecule has 0 saturated carbocycles. The summed E-state index contributed by atoms with van der Waals surface area (Å²) in [7, 11) is 0. The maximum atomic E-state index is 13.0. The van der Waals surface area contributed by atoms with Crippen molar-refractivity contribution in [2.24, 2.45) is 0 Å². The number of allylic oxidation sites excluding steroid dienone is 1. The predicted molar refractivity (Wildman–Crippen MR) is 114 cm³/mol. The molecule has 30 heavy (non-hydrogen) atoms. The van der Waals surface area contributed by atoms with Gasteiger partial charge in [-0.2, -0.15) is 0 Å². The van der Waals surface area contributed by atoms with E-state index in [1.54, 1.807) is 25.1 Å². The van der Waals surface area contributed by atoms with E-state index in [1.807, 2.05) is 48.5 Å². The van der Waals surface area contributed by atoms with Gasteiger partial charge in [0.25, 0.3) is 11.8 Å². The number of halogens is 1. The minimum atomic E-state index is -0.505. The molecule has 0 bridgehead atoms. The van der Waals surface area contributed by atoms with Gasteiger partial charge in [-0.25, -0.2) is 4.39 Å². The number of hydrazine groups is 1. The average molecular weight is 404 g/mol. The van der Waals surface area contributed by atoms with E-state index >= 15 is 0 Å². The molecule has 3 aromatic carbocycles. The third-order valence-corrected chi connectivity index (χ3v) is 4.30. The Bertz CT molecular complexity index is 1050. The summed E-state index contributed by atoms with van der Waals surface area (Å²) in [6.45, 7) is 1.46. The van der Waals surface area contributed by atoms with Crippen molar-refractivity contribution in [3.63, 3.8) is 0 Å². The molecule has 0 spiro atoms. The Balaban J connectivity index is 1.53. The Hall–Kier alpha value is -3.93. The normalized spacial score (nSPS) is 10.9. The SMILES string of the molecule is C/C(=C\C(=O)NNC(=O)COc1ccccc1-c1ccccc1)c1ccc(F)cc1. The Morgan fingerprint density at radius 1 is 0.900 bits per heavy atom. The largest absolute Gasteiger partial charge is 0.483 e. The van der Waals surface area contributed by atoms with E-state index < -0.39 is 11.8 Å². The highest BCUT2D eigenvalue weighted by Crippen LogP contribution is 2.29. The quantitative estimate of drug-likeness (QED) is 0.480. The van der Waals surface area contributed by atoms with Crippen molar-refractivity contribution in [3.05, 3.63) is 96.3 Å². The monoisotopic (exact) mass is 404 g/mol. The van der Waals surface area contributed by atoms with Gasteiger partial charge >= 0.3 is 0 Å². The van der Waals surface area contributed by atoms with Crippen LogP contribution in [0.5, 0.6) is 5.75 Å². The van der Waals surface area contributed by atoms with Crippen LogP contribution in [0.15, 0.2) is 84.9 Å². The summed E-state index contributed by atoms with van der Waals surface area (Å²) < 4.78 is 18.6. The van der Waals surface area contributed by atoms with E-state index in [9.17, 15) is 14.0 Å². The molecule has 2 amide bonds. The van der Waals surface area contributed by atoms with Crippen molar-refractivity contribution in [1.29, 1.82) is 0 Å². The topological polar surface area (TPSA) is 67.4 Å². The van der Waals surface area contributed by atoms with E-state index in [-0.39, 0.29) is 12.4 Å². The first-order chi connectivity index (χ1) is 14.5. The summed E-state index contributed by atoms with van der Waals surface area (Å²) in [5.74, 6) is -0.789. The second-order valence-electron chi connectivity index (χ2n) is 6.52. The highest BCUT2D eigenvalue weighted by Gasteiger charge is 2.09. The first kappa shape index (κ1) is 20.8. The molecule has 3 rings (SSSR count). The number of amides is 2. The van der Waals surface area contributed by atoms with Crippen molar-refractivity contribution < 1.29 is 18.7 Å². The lowest BCUT2D eigenvalue weighted by Gasteiger charge is -2.12. The molecule has 2 N–H and O–H groups in total. The Morgan fingerprint density at radius 3 is 2.30 bits per heavy atom. The van der Waals surface area contributed by atoms with Crippen LogP contribution in [0.25, 0.3) is 16.7 Å². The van der Waals surface area contributed by atoms with Gasteiger partial charge in [-0.3, -0.25) is 20.4 Å². The van der Waals surface area contributed by atoms with Gasteiger partial charge < -0.3 is 4.74 Å². The number of carbonyl (C=O) groups is 2. The van der Waals surface area contributed by atoms with Crippen LogP contribution >= 0.6 is 0 Å². The molecule has 0 atom stereocenters. The zero-order valence-corrected chi connectivity index (χ0v) is 16.4. The number of hydrogen-bond donors (Lipinski definition) is 2. The zero-order valence-electron chi connectivity index (χ0n) is 16.4. The molecule has 0 aliphatic rings. The Kier molecular flexibility index (Phi) is 6.95. The van der Waals surface area contributed by atoms with E-state index in [0.717, 1.165) is 11.1 Å². The number of rotatable bonds is 6. The number of hydrogen-bond acceptors (Lipinski definition) is 3. The van der Waals surface area contributed by atoms with Crippen LogP contribution in [0.2, 0.25) is 0 Å². The van der Waals surface area contributed by atoms with E-state index in [2.05, 4.69) is 10.9 Å². The molecule has 0 aliphatic heterocycles. The smallest absolute Gasteiger partial charge is 0.276 e. The fourth-order valence-electron chi connectivity index (χ4n) is 2.79. The fraction of sp³-hybridized carbons (Fsp3) is 0.0833. The third kappa shape index (κ3) is 5.78. The van der Waals surface area contributed by atoms with Gasteiger partial charge in [-0.15, -0.1) is 0 Å². The van der Waals surface area contributed by atoms with Crippen LogP contribution in [0, 0.1) is 5.82 Å². The van der Waals surface area contributed by atoms with Crippen molar-refractivity contribution in [3.8, 4) is 16.9 Å². The first-order valence-electron chi connectivity index (χ1n) is 9.33. The molecule has 0 aliphatic carbocycles. The Morgan fingerprint density at radius 2 is 1.57 bits per heavy atom. The predicted octanol–water partition coefficient (Wildman–Crippen LogP) is 4.12. The molecular weight excluding hydrogens is 383 g/mol. The average Bonchev–Trinajstić information content (AvgIpc) is 2.77. The minimum Gasteiger partial charge on any atom is -0.483 e. The molecule has 3 aromatic rings. The standard InChI is InChI=1S/C24H21FN2O3/c1-17(18-11-13-20(25)14-12-18)15-23(28)26-27-24(29)16-30-22-10-6-5-9-21(22)19-7-3-2-4-8-19/h2-15H,16H2,1H3,(H,26,28)(H,27,29)/b17-15+. The summed E-state index contributed by atoms with van der Waals surface area (Å²) in [5, 5.41) is 0. The highest BCUT2D eigenvalue weighted by atomic mass is 19.1. The summed E-state index contributed by atoms with van der Waals surface area (Å²) >= 11 is 0. The lowest BCUT2D eigenvalue weighted by molar-refractivity contribution is -0.128. The van der Waals surface area contributed by atoms with Gasteiger partial charge in [-0.1, -0.05) is 60.7 Å². The molecule has 0 heterocycles. The van der Waals surface area contributed by atoms with Crippen molar-refractivity contribution in [1.82, 2.24) is 10.9 Å². The van der Waals surface area contributed by atoms with Crippen LogP contribution in [0.3, 0.4) is 0 Å². The van der Waals surface area contributed by atoms with Gasteiger partial charge in [0, 0.05) is 11.6 Å². The summed E-state index contributed by atoms with van der Waals surface area (Å²) in [4.78, 5) is 24.0. The number of ether oxygens (including phenoxy) is 1. The number of carbonyl (C=O) groups excluding carboxylic acids is 2. The lowest BCUT2D eigenvalue weighted by Crippen LogP contribution is -2.43. The van der Waals surface area contributed by atoms with Crippen LogP contribution in [0.4, 0.5) is 4.39 Å². The zero-order chi connectivity index (χ0) is 21.3. The van der Waals surface area contributed by atoms with Crippen molar-refractivity contribution in [2.75, 3.05) is 6.61 Å². The number of para-hydroxylation sites is 1. The lowest BCUT2D eigenvalue weighted by atomic mass is 10.1. The molecule has 0 unspecified atom stereocenters. The second-order valence-corrected chi connectivity index (χ2v) is 6.52. The van der Waals surface area contributed by atoms with E-state index in [4.69, 9.17) is 4.74 Å². The maximum absolute atomic E-state index is 13.0. The van der Waals surface area contributed by atoms with E-state index in [1.165, 1.54) is 18.2 Å². The number of nitrogens with one attached hydrogen (secondary N) is 2. The molecule has 0 aromatic heterocycles. The van der Waals surface area contributed by atoms with Crippen molar-refractivity contribution in [2.45, 2.75) is 6.92 Å². The number of benzene rings is 3. The van der Waals surface area contributed by atoms with Gasteiger partial charge in [0.2, 0.25) is 0 Å². The second kappa shape index (κ2) is 10.0. The van der Waals surface area contributed by atoms with Crippen LogP contribution in [-0.4, -0.2) is 18.4 Å². The molecule has 152 valence electrons. The Labute approximate surface area is 174 Å². The van der Waals surface area contributed by atoms with Crippen LogP contribution in [0.1, 0.15) is 12.5 Å². The third-order valence-electron chi connectivity index (χ3n) is 4.30. The summed E-state index contributed by atoms with van der Waals surface area (Å²) in [6.07, 6.45) is 1.32. The molecular formula is C24H21FN2O3. The van der Waals surface area contributed by atoms with Gasteiger partial charge in [0.05, 0.1) is 0 Å². The molecule has 0 radical (unpaired) electrons. The molecule has 0 saturated heterocycles. The minimum absolute atomic E-state index is 0.259.